The van der Waals surface area contributed by atoms with Crippen molar-refractivity contribution in [2.24, 2.45) is 0 Å². The monoisotopic (exact) mass is 603 g/mol. The summed E-state index contributed by atoms with van der Waals surface area (Å²) in [6, 6.07) is 10.7. The van der Waals surface area contributed by atoms with E-state index in [1.807, 2.05) is 18.2 Å². The second-order valence-corrected chi connectivity index (χ2v) is 12.7. The van der Waals surface area contributed by atoms with Crippen molar-refractivity contribution in [1.29, 1.82) is 0 Å². The Labute approximate surface area is 249 Å². The number of sulfonamides is 1. The first-order chi connectivity index (χ1) is 20.7. The van der Waals surface area contributed by atoms with Crippen LogP contribution in [-0.2, 0) is 10.0 Å². The van der Waals surface area contributed by atoms with Crippen LogP contribution in [0.2, 0.25) is 0 Å². The van der Waals surface area contributed by atoms with Crippen LogP contribution in [0.3, 0.4) is 0 Å². The van der Waals surface area contributed by atoms with Crippen molar-refractivity contribution in [2.45, 2.75) is 62.3 Å². The fourth-order valence-corrected chi connectivity index (χ4v) is 7.42. The van der Waals surface area contributed by atoms with Crippen LogP contribution >= 0.6 is 0 Å². The van der Waals surface area contributed by atoms with E-state index in [-0.39, 0.29) is 28.4 Å². The van der Waals surface area contributed by atoms with Crippen molar-refractivity contribution < 1.29 is 27.8 Å². The van der Waals surface area contributed by atoms with Gasteiger partial charge in [-0.15, -0.1) is 0 Å². The minimum Gasteiger partial charge on any atom is -0.480 e. The normalized spacial score (nSPS) is 15.5. The van der Waals surface area contributed by atoms with Gasteiger partial charge in [-0.25, -0.2) is 22.9 Å². The zero-order valence-corrected chi connectivity index (χ0v) is 25.0. The topological polar surface area (TPSA) is 153 Å². The molecule has 2 heterocycles. The van der Waals surface area contributed by atoms with Gasteiger partial charge in [0.05, 0.1) is 42.2 Å². The van der Waals surface area contributed by atoms with Gasteiger partial charge in [-0.1, -0.05) is 25.0 Å². The molecule has 2 aliphatic rings. The molecule has 0 spiro atoms. The summed E-state index contributed by atoms with van der Waals surface area (Å²) in [4.78, 5) is 25.3. The number of nitrogens with one attached hydrogen (secondary N) is 2. The number of aromatic carboxylic acids is 1. The molecule has 11 nitrogen and oxygen atoms in total. The van der Waals surface area contributed by atoms with Crippen LogP contribution in [-0.4, -0.2) is 54.7 Å². The highest BCUT2D eigenvalue weighted by atomic mass is 32.2. The Balaban J connectivity index is 1.52. The Morgan fingerprint density at radius 3 is 2.44 bits per heavy atom. The molecule has 224 valence electrons. The number of ether oxygens (including phenoxy) is 2. The second-order valence-electron chi connectivity index (χ2n) is 11.1. The van der Waals surface area contributed by atoms with Gasteiger partial charge in [0, 0.05) is 23.3 Å². The molecule has 2 aromatic carbocycles. The molecule has 2 aliphatic carbocycles. The molecular formula is C31H33N5O6S. The summed E-state index contributed by atoms with van der Waals surface area (Å²) >= 11 is 0. The average Bonchev–Trinajstić information content (AvgIpc) is 3.61. The number of benzene rings is 2. The molecule has 2 saturated carbocycles. The van der Waals surface area contributed by atoms with E-state index in [1.54, 1.807) is 31.3 Å². The largest absolute Gasteiger partial charge is 0.480 e. The molecule has 0 aliphatic heterocycles. The number of carboxylic acids is 1. The number of hydrogen-bond donors (Lipinski definition) is 3. The SMILES string of the molecule is COc1ncc(-c2ccc3c(Nc4cc(C(=O)O)cc(C5CCCC5)c4)c(S(=O)(=O)NC4CC4)c(C)nc3c2)c(OC)n1. The third kappa shape index (κ3) is 5.84. The van der Waals surface area contributed by atoms with Crippen molar-refractivity contribution in [2.75, 3.05) is 19.5 Å². The lowest BCUT2D eigenvalue weighted by atomic mass is 9.95. The Hall–Kier alpha value is -4.29. The zero-order valence-electron chi connectivity index (χ0n) is 24.2. The van der Waals surface area contributed by atoms with Crippen LogP contribution in [0.4, 0.5) is 11.4 Å². The number of rotatable bonds is 10. The number of hydrogen-bond acceptors (Lipinski definition) is 9. The van der Waals surface area contributed by atoms with E-state index in [2.05, 4.69) is 20.0 Å². The smallest absolute Gasteiger partial charge is 0.335 e. The van der Waals surface area contributed by atoms with Gasteiger partial charge in [-0.3, -0.25) is 4.98 Å². The molecule has 3 N–H and O–H groups in total. The van der Waals surface area contributed by atoms with E-state index in [0.717, 1.165) is 44.1 Å². The molecule has 0 bridgehead atoms. The molecule has 0 atom stereocenters. The predicted octanol–water partition coefficient (Wildman–Crippen LogP) is 5.56. The second kappa shape index (κ2) is 11.4. The van der Waals surface area contributed by atoms with Gasteiger partial charge in [0.2, 0.25) is 15.9 Å². The van der Waals surface area contributed by atoms with E-state index >= 15 is 0 Å². The maximum atomic E-state index is 13.7. The van der Waals surface area contributed by atoms with E-state index in [9.17, 15) is 18.3 Å². The van der Waals surface area contributed by atoms with Gasteiger partial charge in [0.25, 0.3) is 0 Å². The highest BCUT2D eigenvalue weighted by Crippen LogP contribution is 2.40. The molecule has 0 saturated heterocycles. The number of aromatic nitrogens is 3. The van der Waals surface area contributed by atoms with Crippen molar-refractivity contribution in [3.05, 3.63) is 59.4 Å². The minimum atomic E-state index is -3.95. The molecule has 2 aromatic heterocycles. The van der Waals surface area contributed by atoms with Gasteiger partial charge in [0.1, 0.15) is 4.90 Å². The van der Waals surface area contributed by atoms with Crippen molar-refractivity contribution in [3.8, 4) is 23.0 Å². The minimum absolute atomic E-state index is 0.0353. The van der Waals surface area contributed by atoms with Crippen LogP contribution in [0.5, 0.6) is 11.9 Å². The van der Waals surface area contributed by atoms with Gasteiger partial charge in [0.15, 0.2) is 0 Å². The third-order valence-electron chi connectivity index (χ3n) is 8.00. The summed E-state index contributed by atoms with van der Waals surface area (Å²) in [5.74, 6) is -0.457. The van der Waals surface area contributed by atoms with Crippen molar-refractivity contribution in [3.63, 3.8) is 0 Å². The number of carboxylic acid groups (broad SMARTS) is 1. The van der Waals surface area contributed by atoms with Gasteiger partial charge < -0.3 is 19.9 Å². The highest BCUT2D eigenvalue weighted by molar-refractivity contribution is 7.89. The predicted molar refractivity (Wildman–Crippen MR) is 162 cm³/mol. The number of nitrogens with zero attached hydrogens (tertiary/aromatic N) is 3. The van der Waals surface area contributed by atoms with Crippen molar-refractivity contribution in [1.82, 2.24) is 19.7 Å². The molecule has 2 fully saturated rings. The number of aryl methyl sites for hydroxylation is 1. The summed E-state index contributed by atoms with van der Waals surface area (Å²) < 4.78 is 40.8. The van der Waals surface area contributed by atoms with Crippen LogP contribution < -0.4 is 19.5 Å². The standard InChI is InChI=1S/C31H33N5O6S/c1-17-28(43(39,40)36-22-9-10-22)27(34-23-13-20(18-6-4-5-7-18)12-21(14-23)30(37)38)24-11-8-19(15-26(24)33-17)25-16-32-31(42-3)35-29(25)41-2/h8,11-16,18,22,36H,4-7,9-10H2,1-3H3,(H,33,34)(H,37,38). The summed E-state index contributed by atoms with van der Waals surface area (Å²) in [7, 11) is -0.972. The molecule has 0 radical (unpaired) electrons. The number of pyridine rings is 1. The Kier molecular flexibility index (Phi) is 7.65. The lowest BCUT2D eigenvalue weighted by molar-refractivity contribution is 0.0696. The number of carbonyl (C=O) groups is 1. The van der Waals surface area contributed by atoms with Gasteiger partial charge in [-0.2, -0.15) is 4.98 Å². The zero-order chi connectivity index (χ0) is 30.3. The Morgan fingerprint density at radius 2 is 1.77 bits per heavy atom. The molecular weight excluding hydrogens is 570 g/mol. The van der Waals surface area contributed by atoms with Crippen LogP contribution in [0.25, 0.3) is 22.0 Å². The first-order valence-electron chi connectivity index (χ1n) is 14.2. The quantitative estimate of drug-likeness (QED) is 0.210. The maximum absolute atomic E-state index is 13.7. The summed E-state index contributed by atoms with van der Waals surface area (Å²) in [5, 5.41) is 13.8. The first-order valence-corrected chi connectivity index (χ1v) is 15.7. The van der Waals surface area contributed by atoms with Gasteiger partial charge in [-0.05, 0) is 73.9 Å². The molecule has 6 rings (SSSR count). The van der Waals surface area contributed by atoms with Crippen LogP contribution in [0.15, 0.2) is 47.5 Å². The lowest BCUT2D eigenvalue weighted by Gasteiger charge is -2.20. The van der Waals surface area contributed by atoms with Crippen molar-refractivity contribution >= 4 is 38.3 Å². The lowest BCUT2D eigenvalue weighted by Crippen LogP contribution is -2.27. The fourth-order valence-electron chi connectivity index (χ4n) is 5.76. The van der Waals surface area contributed by atoms with E-state index < -0.39 is 16.0 Å². The highest BCUT2D eigenvalue weighted by Gasteiger charge is 2.32. The van der Waals surface area contributed by atoms with E-state index in [0.29, 0.717) is 45.0 Å². The fraction of sp³-hybridized carbons (Fsp3) is 0.355. The summed E-state index contributed by atoms with van der Waals surface area (Å²) in [6.45, 7) is 1.66. The number of anilines is 2. The third-order valence-corrected chi connectivity index (χ3v) is 9.68. The number of fused-ring (bicyclic) bond motifs is 1. The summed E-state index contributed by atoms with van der Waals surface area (Å²) in [6.07, 6.45) is 7.34. The van der Waals surface area contributed by atoms with Crippen LogP contribution in [0.1, 0.15) is 66.1 Å². The molecule has 0 amide bonds. The first kappa shape index (κ1) is 28.8. The number of methoxy groups -OCH3 is 2. The average molecular weight is 604 g/mol. The van der Waals surface area contributed by atoms with Gasteiger partial charge >= 0.3 is 12.0 Å². The summed E-state index contributed by atoms with van der Waals surface area (Å²) in [5.41, 5.74) is 4.09. The Morgan fingerprint density at radius 1 is 1.00 bits per heavy atom. The molecule has 43 heavy (non-hydrogen) atoms. The molecule has 0 unspecified atom stereocenters. The molecule has 4 aromatic rings. The maximum Gasteiger partial charge on any atom is 0.335 e. The van der Waals surface area contributed by atoms with Crippen LogP contribution in [0, 0.1) is 6.92 Å². The van der Waals surface area contributed by atoms with E-state index in [1.165, 1.54) is 14.2 Å². The molecule has 12 heteroatoms. The Bertz CT molecular complexity index is 1830. The van der Waals surface area contributed by atoms with E-state index in [4.69, 9.17) is 14.5 Å².